The number of amides is 1. The van der Waals surface area contributed by atoms with Crippen LogP contribution < -0.4 is 16.8 Å². The van der Waals surface area contributed by atoms with Gasteiger partial charge in [-0.1, -0.05) is 6.07 Å². The van der Waals surface area contributed by atoms with E-state index in [0.29, 0.717) is 17.8 Å². The molecule has 0 aliphatic rings. The van der Waals surface area contributed by atoms with Gasteiger partial charge in [0, 0.05) is 24.0 Å². The standard InChI is InChI=1S/C13H16N4OS/c1-8-7-19-11(17-8)5-6-16-10-4-2-3-9(12(10)14)13(15)18/h2-4,7,16H,5-6,14H2,1H3,(H2,15,18). The van der Waals surface area contributed by atoms with Crippen molar-refractivity contribution in [2.75, 3.05) is 17.6 Å². The fourth-order valence-electron chi connectivity index (χ4n) is 1.76. The van der Waals surface area contributed by atoms with Gasteiger partial charge in [-0.25, -0.2) is 4.98 Å². The summed E-state index contributed by atoms with van der Waals surface area (Å²) in [6.45, 7) is 2.68. The van der Waals surface area contributed by atoms with E-state index < -0.39 is 5.91 Å². The number of hydrogen-bond donors (Lipinski definition) is 3. The maximum absolute atomic E-state index is 11.2. The van der Waals surface area contributed by atoms with E-state index in [-0.39, 0.29) is 0 Å². The van der Waals surface area contributed by atoms with Gasteiger partial charge < -0.3 is 16.8 Å². The lowest BCUT2D eigenvalue weighted by atomic mass is 10.1. The highest BCUT2D eigenvalue weighted by molar-refractivity contribution is 7.09. The quantitative estimate of drug-likeness (QED) is 0.726. The number of primary amides is 1. The molecule has 19 heavy (non-hydrogen) atoms. The Labute approximate surface area is 115 Å². The van der Waals surface area contributed by atoms with Crippen LogP contribution >= 0.6 is 11.3 Å². The Morgan fingerprint density at radius 1 is 1.47 bits per heavy atom. The average Bonchev–Trinajstić information content (AvgIpc) is 2.77. The van der Waals surface area contributed by atoms with Gasteiger partial charge in [-0.15, -0.1) is 11.3 Å². The molecule has 0 fully saturated rings. The molecule has 1 heterocycles. The first-order valence-corrected chi connectivity index (χ1v) is 6.79. The molecule has 2 aromatic rings. The number of rotatable bonds is 5. The second-order valence-electron chi connectivity index (χ2n) is 4.19. The molecular formula is C13H16N4OS. The van der Waals surface area contributed by atoms with E-state index in [4.69, 9.17) is 11.5 Å². The molecule has 0 saturated carbocycles. The van der Waals surface area contributed by atoms with Crippen LogP contribution in [0.1, 0.15) is 21.1 Å². The van der Waals surface area contributed by atoms with Crippen molar-refractivity contribution in [2.45, 2.75) is 13.3 Å². The summed E-state index contributed by atoms with van der Waals surface area (Å²) in [5.41, 5.74) is 13.6. The van der Waals surface area contributed by atoms with E-state index in [0.717, 1.165) is 22.8 Å². The second-order valence-corrected chi connectivity index (χ2v) is 5.13. The highest BCUT2D eigenvalue weighted by atomic mass is 32.1. The van der Waals surface area contributed by atoms with Crippen molar-refractivity contribution in [2.24, 2.45) is 5.73 Å². The summed E-state index contributed by atoms with van der Waals surface area (Å²) >= 11 is 1.64. The van der Waals surface area contributed by atoms with Crippen molar-refractivity contribution in [1.82, 2.24) is 4.98 Å². The molecule has 0 unspecified atom stereocenters. The molecule has 5 N–H and O–H groups in total. The number of thiazole rings is 1. The van der Waals surface area contributed by atoms with Crippen LogP contribution in [0, 0.1) is 6.92 Å². The number of nitrogens with zero attached hydrogens (tertiary/aromatic N) is 1. The summed E-state index contributed by atoms with van der Waals surface area (Å²) in [6.07, 6.45) is 0.818. The highest BCUT2D eigenvalue weighted by Crippen LogP contribution is 2.22. The number of anilines is 2. The number of para-hydroxylation sites is 1. The molecular weight excluding hydrogens is 260 g/mol. The number of carbonyl (C=O) groups is 1. The van der Waals surface area contributed by atoms with Crippen LogP contribution in [0.25, 0.3) is 0 Å². The third kappa shape index (κ3) is 3.23. The fourth-order valence-corrected chi connectivity index (χ4v) is 2.53. The monoisotopic (exact) mass is 276 g/mol. The van der Waals surface area contributed by atoms with Gasteiger partial charge in [0.05, 0.1) is 21.9 Å². The van der Waals surface area contributed by atoms with Crippen LogP contribution in [-0.4, -0.2) is 17.4 Å². The second kappa shape index (κ2) is 5.71. The van der Waals surface area contributed by atoms with Gasteiger partial charge in [-0.3, -0.25) is 4.79 Å². The Balaban J connectivity index is 2.00. The Morgan fingerprint density at radius 2 is 2.26 bits per heavy atom. The number of carbonyl (C=O) groups excluding carboxylic acids is 1. The maximum atomic E-state index is 11.2. The van der Waals surface area contributed by atoms with Gasteiger partial charge >= 0.3 is 0 Å². The fraction of sp³-hybridized carbons (Fsp3) is 0.231. The molecule has 1 aromatic carbocycles. The van der Waals surface area contributed by atoms with E-state index in [1.165, 1.54) is 0 Å². The van der Waals surface area contributed by atoms with E-state index >= 15 is 0 Å². The van der Waals surface area contributed by atoms with Crippen LogP contribution in [-0.2, 0) is 6.42 Å². The lowest BCUT2D eigenvalue weighted by molar-refractivity contribution is 0.100. The van der Waals surface area contributed by atoms with E-state index in [1.807, 2.05) is 18.4 Å². The molecule has 0 spiro atoms. The summed E-state index contributed by atoms with van der Waals surface area (Å²) < 4.78 is 0. The SMILES string of the molecule is Cc1csc(CCNc2cccc(C(N)=O)c2N)n1. The summed E-state index contributed by atoms with van der Waals surface area (Å²) in [5.74, 6) is -0.517. The van der Waals surface area contributed by atoms with Crippen LogP contribution in [0.3, 0.4) is 0 Å². The van der Waals surface area contributed by atoms with E-state index in [9.17, 15) is 4.79 Å². The molecule has 0 aliphatic carbocycles. The third-order valence-electron chi connectivity index (χ3n) is 2.69. The van der Waals surface area contributed by atoms with Gasteiger partial charge in [-0.05, 0) is 19.1 Å². The summed E-state index contributed by atoms with van der Waals surface area (Å²) in [5, 5.41) is 6.30. The molecule has 0 aliphatic heterocycles. The van der Waals surface area contributed by atoms with Gasteiger partial charge in [0.2, 0.25) is 0 Å². The first-order valence-electron chi connectivity index (χ1n) is 5.91. The predicted molar refractivity (Wildman–Crippen MR) is 78.4 cm³/mol. The Bertz CT molecular complexity index is 594. The van der Waals surface area contributed by atoms with Crippen molar-refractivity contribution in [3.05, 3.63) is 39.8 Å². The first-order chi connectivity index (χ1) is 9.08. The smallest absolute Gasteiger partial charge is 0.250 e. The Hall–Kier alpha value is -2.08. The van der Waals surface area contributed by atoms with Crippen LogP contribution in [0.15, 0.2) is 23.6 Å². The Morgan fingerprint density at radius 3 is 2.89 bits per heavy atom. The topological polar surface area (TPSA) is 94.0 Å². The summed E-state index contributed by atoms with van der Waals surface area (Å²) in [6, 6.07) is 5.20. The van der Waals surface area contributed by atoms with Crippen LogP contribution in [0.5, 0.6) is 0 Å². The molecule has 0 radical (unpaired) electrons. The number of aryl methyl sites for hydroxylation is 1. The number of hydrogen-bond acceptors (Lipinski definition) is 5. The molecule has 0 saturated heterocycles. The molecule has 1 aromatic heterocycles. The van der Waals surface area contributed by atoms with Crippen molar-refractivity contribution in [3.63, 3.8) is 0 Å². The minimum Gasteiger partial charge on any atom is -0.396 e. The molecule has 1 amide bonds. The van der Waals surface area contributed by atoms with Crippen molar-refractivity contribution < 1.29 is 4.79 Å². The highest BCUT2D eigenvalue weighted by Gasteiger charge is 2.09. The lowest BCUT2D eigenvalue weighted by Gasteiger charge is -2.10. The van der Waals surface area contributed by atoms with Gasteiger partial charge in [0.25, 0.3) is 5.91 Å². The van der Waals surface area contributed by atoms with Crippen LogP contribution in [0.2, 0.25) is 0 Å². The zero-order valence-electron chi connectivity index (χ0n) is 10.6. The number of nitrogens with one attached hydrogen (secondary N) is 1. The zero-order valence-corrected chi connectivity index (χ0v) is 11.5. The van der Waals surface area contributed by atoms with E-state index in [1.54, 1.807) is 23.5 Å². The number of aromatic nitrogens is 1. The molecule has 6 heteroatoms. The van der Waals surface area contributed by atoms with Crippen molar-refractivity contribution in [3.8, 4) is 0 Å². The largest absolute Gasteiger partial charge is 0.396 e. The van der Waals surface area contributed by atoms with Gasteiger partial charge in [0.1, 0.15) is 0 Å². The number of nitrogens with two attached hydrogens (primary N) is 2. The summed E-state index contributed by atoms with van der Waals surface area (Å²) in [7, 11) is 0. The molecule has 2 rings (SSSR count). The summed E-state index contributed by atoms with van der Waals surface area (Å²) in [4.78, 5) is 15.6. The minimum absolute atomic E-state index is 0.343. The predicted octanol–water partition coefficient (Wildman–Crippen LogP) is 1.79. The normalized spacial score (nSPS) is 10.4. The van der Waals surface area contributed by atoms with Crippen LogP contribution in [0.4, 0.5) is 11.4 Å². The Kier molecular flexibility index (Phi) is 4.01. The van der Waals surface area contributed by atoms with E-state index in [2.05, 4.69) is 10.3 Å². The molecule has 0 bridgehead atoms. The number of nitrogen functional groups attached to an aromatic ring is 1. The lowest BCUT2D eigenvalue weighted by Crippen LogP contribution is -2.15. The molecule has 5 nitrogen and oxygen atoms in total. The average molecular weight is 276 g/mol. The van der Waals surface area contributed by atoms with Gasteiger partial charge in [0.15, 0.2) is 0 Å². The zero-order chi connectivity index (χ0) is 13.8. The maximum Gasteiger partial charge on any atom is 0.250 e. The molecule has 0 atom stereocenters. The molecule has 100 valence electrons. The number of benzene rings is 1. The third-order valence-corrected chi connectivity index (χ3v) is 3.72. The van der Waals surface area contributed by atoms with Gasteiger partial charge in [-0.2, -0.15) is 0 Å². The minimum atomic E-state index is -0.517. The van der Waals surface area contributed by atoms with Crippen molar-refractivity contribution in [1.29, 1.82) is 0 Å². The first kappa shape index (κ1) is 13.4. The van der Waals surface area contributed by atoms with Crippen molar-refractivity contribution >= 4 is 28.6 Å².